The number of hydrogen-bond acceptors (Lipinski definition) is 3. The molecule has 0 bridgehead atoms. The van der Waals surface area contributed by atoms with E-state index in [1.54, 1.807) is 11.3 Å². The molecule has 1 heterocycles. The predicted octanol–water partition coefficient (Wildman–Crippen LogP) is 4.11. The Hall–Kier alpha value is -0.410. The van der Waals surface area contributed by atoms with Crippen LogP contribution in [0.4, 0.5) is 0 Å². The van der Waals surface area contributed by atoms with Gasteiger partial charge in [0.05, 0.1) is 11.7 Å². The molecule has 16 heavy (non-hydrogen) atoms. The molecule has 2 nitrogen and oxygen atoms in total. The highest BCUT2D eigenvalue weighted by atomic mass is 32.1. The van der Waals surface area contributed by atoms with Gasteiger partial charge in [0.25, 0.3) is 0 Å². The lowest BCUT2D eigenvalue weighted by molar-refractivity contribution is 0.446. The minimum absolute atomic E-state index is 0.433. The SMILES string of the molecule is CCCC(NC(C)C)c1nc(C(C)C)cs1. The molecule has 1 atom stereocenters. The van der Waals surface area contributed by atoms with E-state index in [4.69, 9.17) is 4.98 Å². The summed E-state index contributed by atoms with van der Waals surface area (Å²) >= 11 is 1.79. The van der Waals surface area contributed by atoms with E-state index in [2.05, 4.69) is 45.3 Å². The molecule has 1 aromatic rings. The van der Waals surface area contributed by atoms with Crippen LogP contribution >= 0.6 is 11.3 Å². The van der Waals surface area contributed by atoms with E-state index in [1.807, 2.05) is 0 Å². The number of rotatable bonds is 6. The van der Waals surface area contributed by atoms with Crippen molar-refractivity contribution < 1.29 is 0 Å². The van der Waals surface area contributed by atoms with Gasteiger partial charge in [-0.25, -0.2) is 4.98 Å². The second kappa shape index (κ2) is 6.36. The lowest BCUT2D eigenvalue weighted by Gasteiger charge is -2.18. The zero-order valence-electron chi connectivity index (χ0n) is 11.1. The van der Waals surface area contributed by atoms with E-state index < -0.39 is 0 Å². The van der Waals surface area contributed by atoms with Gasteiger partial charge in [-0.05, 0) is 12.3 Å². The summed E-state index contributed by atoms with van der Waals surface area (Å²) in [5, 5.41) is 7.05. The van der Waals surface area contributed by atoms with Crippen LogP contribution in [0.25, 0.3) is 0 Å². The Morgan fingerprint density at radius 2 is 2.00 bits per heavy atom. The highest BCUT2D eigenvalue weighted by Gasteiger charge is 2.16. The van der Waals surface area contributed by atoms with Crippen molar-refractivity contribution in [3.8, 4) is 0 Å². The van der Waals surface area contributed by atoms with Gasteiger partial charge in [-0.1, -0.05) is 41.0 Å². The van der Waals surface area contributed by atoms with Crippen molar-refractivity contribution in [2.24, 2.45) is 0 Å². The van der Waals surface area contributed by atoms with Crippen LogP contribution in [-0.2, 0) is 0 Å². The minimum Gasteiger partial charge on any atom is -0.306 e. The van der Waals surface area contributed by atoms with Gasteiger partial charge in [-0.15, -0.1) is 11.3 Å². The molecule has 0 fully saturated rings. The van der Waals surface area contributed by atoms with Crippen molar-refractivity contribution >= 4 is 11.3 Å². The molecule has 0 amide bonds. The molecule has 1 rings (SSSR count). The first-order valence-corrected chi connectivity index (χ1v) is 7.13. The fourth-order valence-electron chi connectivity index (χ4n) is 1.70. The molecule has 1 N–H and O–H groups in total. The molecule has 92 valence electrons. The first-order chi connectivity index (χ1) is 7.54. The summed E-state index contributed by atoms with van der Waals surface area (Å²) < 4.78 is 0. The smallest absolute Gasteiger partial charge is 0.110 e. The topological polar surface area (TPSA) is 24.9 Å². The maximum atomic E-state index is 4.74. The van der Waals surface area contributed by atoms with Crippen LogP contribution in [-0.4, -0.2) is 11.0 Å². The molecule has 0 saturated heterocycles. The molecule has 1 unspecified atom stereocenters. The number of thiazole rings is 1. The van der Waals surface area contributed by atoms with Gasteiger partial charge in [0, 0.05) is 11.4 Å². The average Bonchev–Trinajstić information content (AvgIpc) is 2.65. The van der Waals surface area contributed by atoms with Crippen molar-refractivity contribution in [3.63, 3.8) is 0 Å². The number of aromatic nitrogens is 1. The van der Waals surface area contributed by atoms with Gasteiger partial charge < -0.3 is 5.32 Å². The molecule has 0 saturated carbocycles. The van der Waals surface area contributed by atoms with Crippen molar-refractivity contribution in [2.75, 3.05) is 0 Å². The summed E-state index contributed by atoms with van der Waals surface area (Å²) in [6.07, 6.45) is 2.37. The molecule has 0 aliphatic carbocycles. The van der Waals surface area contributed by atoms with E-state index >= 15 is 0 Å². The molecular formula is C13H24N2S. The molecule has 0 aliphatic rings. The Bertz CT molecular complexity index is 305. The minimum atomic E-state index is 0.433. The Labute approximate surface area is 103 Å². The van der Waals surface area contributed by atoms with Crippen LogP contribution in [0.2, 0.25) is 0 Å². The molecule has 0 aromatic carbocycles. The summed E-state index contributed by atoms with van der Waals surface area (Å²) in [6, 6.07) is 0.949. The van der Waals surface area contributed by atoms with Crippen molar-refractivity contribution in [1.82, 2.24) is 10.3 Å². The molecule has 1 aromatic heterocycles. The van der Waals surface area contributed by atoms with E-state index in [0.29, 0.717) is 18.0 Å². The van der Waals surface area contributed by atoms with Crippen LogP contribution in [0.15, 0.2) is 5.38 Å². The molecule has 0 spiro atoms. The second-order valence-corrected chi connectivity index (χ2v) is 5.82. The highest BCUT2D eigenvalue weighted by molar-refractivity contribution is 7.09. The number of hydrogen-bond donors (Lipinski definition) is 1. The summed E-state index contributed by atoms with van der Waals surface area (Å²) in [5.41, 5.74) is 1.23. The van der Waals surface area contributed by atoms with Crippen molar-refractivity contribution in [2.45, 2.75) is 65.5 Å². The third-order valence-corrected chi connectivity index (χ3v) is 3.52. The van der Waals surface area contributed by atoms with Gasteiger partial charge >= 0.3 is 0 Å². The first kappa shape index (κ1) is 13.7. The molecule has 0 radical (unpaired) electrons. The second-order valence-electron chi connectivity index (χ2n) is 4.93. The zero-order chi connectivity index (χ0) is 12.1. The zero-order valence-corrected chi connectivity index (χ0v) is 11.9. The number of nitrogens with zero attached hydrogens (tertiary/aromatic N) is 1. The summed E-state index contributed by atoms with van der Waals surface area (Å²) in [5.74, 6) is 0.534. The first-order valence-electron chi connectivity index (χ1n) is 6.26. The summed E-state index contributed by atoms with van der Waals surface area (Å²) in [4.78, 5) is 4.74. The van der Waals surface area contributed by atoms with Gasteiger partial charge in [0.15, 0.2) is 0 Å². The Kier molecular flexibility index (Phi) is 5.42. The van der Waals surface area contributed by atoms with Crippen LogP contribution < -0.4 is 5.32 Å². The normalized spacial score (nSPS) is 13.7. The van der Waals surface area contributed by atoms with Crippen molar-refractivity contribution in [3.05, 3.63) is 16.1 Å². The quantitative estimate of drug-likeness (QED) is 0.809. The predicted molar refractivity (Wildman–Crippen MR) is 72.1 cm³/mol. The standard InChI is InChI=1S/C13H24N2S/c1-6-7-11(14-10(4)5)13-15-12(8-16-13)9(2)3/h8-11,14H,6-7H2,1-5H3. The molecular weight excluding hydrogens is 216 g/mol. The number of nitrogens with one attached hydrogen (secondary N) is 1. The Morgan fingerprint density at radius 3 is 2.44 bits per heavy atom. The van der Waals surface area contributed by atoms with Crippen molar-refractivity contribution in [1.29, 1.82) is 0 Å². The molecule has 3 heteroatoms. The van der Waals surface area contributed by atoms with E-state index in [9.17, 15) is 0 Å². The molecule has 0 aliphatic heterocycles. The van der Waals surface area contributed by atoms with Crippen LogP contribution in [0.5, 0.6) is 0 Å². The van der Waals surface area contributed by atoms with E-state index in [0.717, 1.165) is 0 Å². The maximum Gasteiger partial charge on any atom is 0.110 e. The van der Waals surface area contributed by atoms with Gasteiger partial charge in [0.2, 0.25) is 0 Å². The Balaban J connectivity index is 2.75. The summed E-state index contributed by atoms with van der Waals surface area (Å²) in [6.45, 7) is 11.0. The van der Waals surface area contributed by atoms with Crippen LogP contribution in [0.3, 0.4) is 0 Å². The lowest BCUT2D eigenvalue weighted by atomic mass is 10.1. The van der Waals surface area contributed by atoms with Crippen LogP contribution in [0.1, 0.15) is 70.1 Å². The van der Waals surface area contributed by atoms with Crippen LogP contribution in [0, 0.1) is 0 Å². The lowest BCUT2D eigenvalue weighted by Crippen LogP contribution is -2.28. The fourth-order valence-corrected chi connectivity index (χ4v) is 2.77. The Morgan fingerprint density at radius 1 is 1.31 bits per heavy atom. The maximum absolute atomic E-state index is 4.74. The van der Waals surface area contributed by atoms with E-state index in [-0.39, 0.29) is 0 Å². The summed E-state index contributed by atoms with van der Waals surface area (Å²) in [7, 11) is 0. The van der Waals surface area contributed by atoms with Gasteiger partial charge in [-0.3, -0.25) is 0 Å². The van der Waals surface area contributed by atoms with Gasteiger partial charge in [0.1, 0.15) is 5.01 Å². The third-order valence-electron chi connectivity index (χ3n) is 2.54. The largest absolute Gasteiger partial charge is 0.306 e. The van der Waals surface area contributed by atoms with E-state index in [1.165, 1.54) is 23.5 Å². The van der Waals surface area contributed by atoms with Gasteiger partial charge in [-0.2, -0.15) is 0 Å². The third kappa shape index (κ3) is 3.87. The fraction of sp³-hybridized carbons (Fsp3) is 0.769. The monoisotopic (exact) mass is 240 g/mol. The highest BCUT2D eigenvalue weighted by Crippen LogP contribution is 2.25. The average molecular weight is 240 g/mol.